The molecule has 1 aromatic carbocycles. The molecule has 27 heavy (non-hydrogen) atoms. The fourth-order valence-corrected chi connectivity index (χ4v) is 2.94. The molecule has 1 aromatic heterocycles. The third-order valence-corrected chi connectivity index (χ3v) is 4.74. The number of nitrogens with one attached hydrogen (secondary N) is 1. The van der Waals surface area contributed by atoms with Crippen LogP contribution in [-0.2, 0) is 4.79 Å². The summed E-state index contributed by atoms with van der Waals surface area (Å²) in [5.74, 6) is -0.0872. The summed E-state index contributed by atoms with van der Waals surface area (Å²) in [6.45, 7) is 6.91. The van der Waals surface area contributed by atoms with Gasteiger partial charge in [0.2, 0.25) is 5.91 Å². The molecule has 0 spiro atoms. The van der Waals surface area contributed by atoms with Crippen LogP contribution in [0.25, 0.3) is 5.69 Å². The van der Waals surface area contributed by atoms with Crippen molar-refractivity contribution in [2.24, 2.45) is 0 Å². The highest BCUT2D eigenvalue weighted by molar-refractivity contribution is 5.92. The zero-order valence-corrected chi connectivity index (χ0v) is 15.8. The van der Waals surface area contributed by atoms with Crippen LogP contribution in [0.3, 0.4) is 0 Å². The lowest BCUT2D eigenvalue weighted by Crippen LogP contribution is -2.51. The number of para-hydroxylation sites is 1. The highest BCUT2D eigenvalue weighted by Gasteiger charge is 2.25. The minimum Gasteiger partial charge on any atom is -0.353 e. The van der Waals surface area contributed by atoms with Crippen LogP contribution < -0.4 is 5.32 Å². The first-order valence-electron chi connectivity index (χ1n) is 9.35. The zero-order valence-electron chi connectivity index (χ0n) is 15.8. The van der Waals surface area contributed by atoms with Gasteiger partial charge >= 0.3 is 0 Å². The Kier molecular flexibility index (Phi) is 6.18. The fraction of sp³-hybridized carbons (Fsp3) is 0.474. The maximum absolute atomic E-state index is 12.7. The van der Waals surface area contributed by atoms with Crippen molar-refractivity contribution in [3.8, 4) is 5.69 Å². The molecule has 1 unspecified atom stereocenters. The molecular formula is C19H26N6O2. The number of benzene rings is 1. The molecule has 0 radical (unpaired) electrons. The topological polar surface area (TPSA) is 83.4 Å². The summed E-state index contributed by atoms with van der Waals surface area (Å²) in [6, 6.07) is 9.68. The van der Waals surface area contributed by atoms with E-state index in [9.17, 15) is 9.59 Å². The van der Waals surface area contributed by atoms with Crippen molar-refractivity contribution in [3.05, 3.63) is 42.2 Å². The van der Waals surface area contributed by atoms with Crippen molar-refractivity contribution >= 4 is 11.8 Å². The molecule has 8 nitrogen and oxygen atoms in total. The molecule has 8 heteroatoms. The number of carbonyl (C=O) groups is 2. The van der Waals surface area contributed by atoms with Crippen LogP contribution in [0.2, 0.25) is 0 Å². The fourth-order valence-electron chi connectivity index (χ4n) is 2.94. The third kappa shape index (κ3) is 4.91. The van der Waals surface area contributed by atoms with Crippen LogP contribution in [0.4, 0.5) is 0 Å². The first kappa shape index (κ1) is 19.0. The predicted octanol–water partition coefficient (Wildman–Crippen LogP) is 0.940. The smallest absolute Gasteiger partial charge is 0.276 e. The van der Waals surface area contributed by atoms with E-state index in [1.54, 1.807) is 4.90 Å². The minimum atomic E-state index is -0.124. The van der Waals surface area contributed by atoms with Crippen molar-refractivity contribution in [3.63, 3.8) is 0 Å². The molecule has 0 bridgehead atoms. The molecule has 1 atom stereocenters. The Bertz CT molecular complexity index is 768. The van der Waals surface area contributed by atoms with E-state index in [2.05, 4.69) is 20.4 Å². The van der Waals surface area contributed by atoms with Crippen LogP contribution in [0.15, 0.2) is 36.5 Å². The average molecular weight is 370 g/mol. The lowest BCUT2D eigenvalue weighted by Gasteiger charge is -2.34. The number of aromatic nitrogens is 3. The Morgan fingerprint density at radius 3 is 2.52 bits per heavy atom. The van der Waals surface area contributed by atoms with E-state index in [1.807, 2.05) is 44.2 Å². The lowest BCUT2D eigenvalue weighted by atomic mass is 10.2. The molecule has 0 aliphatic carbocycles. The van der Waals surface area contributed by atoms with Gasteiger partial charge in [-0.3, -0.25) is 14.5 Å². The SMILES string of the molecule is CCC(C)NC(=O)CN1CCN(C(=O)c2cnn(-c3ccccc3)n2)CC1. The van der Waals surface area contributed by atoms with Gasteiger partial charge in [0.1, 0.15) is 0 Å². The van der Waals surface area contributed by atoms with Crippen molar-refractivity contribution in [2.45, 2.75) is 26.3 Å². The van der Waals surface area contributed by atoms with E-state index in [-0.39, 0.29) is 17.9 Å². The zero-order chi connectivity index (χ0) is 19.2. The Morgan fingerprint density at radius 1 is 1.15 bits per heavy atom. The van der Waals surface area contributed by atoms with Gasteiger partial charge in [-0.05, 0) is 25.5 Å². The Balaban J connectivity index is 1.52. The minimum absolute atomic E-state index is 0.0370. The number of rotatable bonds is 6. The maximum Gasteiger partial charge on any atom is 0.276 e. The Morgan fingerprint density at radius 2 is 1.85 bits per heavy atom. The van der Waals surface area contributed by atoms with Gasteiger partial charge in [0.05, 0.1) is 18.4 Å². The van der Waals surface area contributed by atoms with E-state index in [4.69, 9.17) is 0 Å². The average Bonchev–Trinajstić information content (AvgIpc) is 3.18. The third-order valence-electron chi connectivity index (χ3n) is 4.74. The van der Waals surface area contributed by atoms with Gasteiger partial charge in [-0.1, -0.05) is 25.1 Å². The van der Waals surface area contributed by atoms with E-state index in [0.717, 1.165) is 12.1 Å². The summed E-state index contributed by atoms with van der Waals surface area (Å²) in [5, 5.41) is 11.5. The van der Waals surface area contributed by atoms with Crippen molar-refractivity contribution in [2.75, 3.05) is 32.7 Å². The molecule has 1 aliphatic rings. The van der Waals surface area contributed by atoms with Crippen LogP contribution in [-0.4, -0.2) is 75.4 Å². The molecule has 144 valence electrons. The summed E-state index contributed by atoms with van der Waals surface area (Å²) in [7, 11) is 0. The quantitative estimate of drug-likeness (QED) is 0.818. The van der Waals surface area contributed by atoms with Gasteiger partial charge in [0.25, 0.3) is 5.91 Å². The molecular weight excluding hydrogens is 344 g/mol. The number of piperazine rings is 1. The monoisotopic (exact) mass is 370 g/mol. The van der Waals surface area contributed by atoms with Crippen molar-refractivity contribution in [1.82, 2.24) is 30.1 Å². The van der Waals surface area contributed by atoms with Crippen LogP contribution in [0.1, 0.15) is 30.8 Å². The van der Waals surface area contributed by atoms with Gasteiger partial charge < -0.3 is 10.2 Å². The number of hydrogen-bond donors (Lipinski definition) is 1. The van der Waals surface area contributed by atoms with E-state index in [0.29, 0.717) is 38.4 Å². The standard InChI is InChI=1S/C19H26N6O2/c1-3-15(2)21-18(26)14-23-9-11-24(12-10-23)19(27)17-13-20-25(22-17)16-7-5-4-6-8-16/h4-8,13,15H,3,9-12,14H2,1-2H3,(H,21,26). The van der Waals surface area contributed by atoms with Crippen LogP contribution in [0, 0.1) is 0 Å². The van der Waals surface area contributed by atoms with Gasteiger partial charge in [0, 0.05) is 32.2 Å². The molecule has 2 heterocycles. The molecule has 3 rings (SSSR count). The first-order valence-corrected chi connectivity index (χ1v) is 9.35. The van der Waals surface area contributed by atoms with Crippen molar-refractivity contribution in [1.29, 1.82) is 0 Å². The van der Waals surface area contributed by atoms with E-state index in [1.165, 1.54) is 11.0 Å². The lowest BCUT2D eigenvalue weighted by molar-refractivity contribution is -0.123. The number of hydrogen-bond acceptors (Lipinski definition) is 5. The molecule has 2 aromatic rings. The number of nitrogens with zero attached hydrogens (tertiary/aromatic N) is 5. The van der Waals surface area contributed by atoms with E-state index >= 15 is 0 Å². The summed E-state index contributed by atoms with van der Waals surface area (Å²) in [6.07, 6.45) is 2.42. The molecule has 0 saturated carbocycles. The molecule has 2 amide bonds. The number of carbonyl (C=O) groups excluding carboxylic acids is 2. The summed E-state index contributed by atoms with van der Waals surface area (Å²) in [5.41, 5.74) is 1.15. The predicted molar refractivity (Wildman–Crippen MR) is 102 cm³/mol. The second kappa shape index (κ2) is 8.77. The Labute approximate surface area is 159 Å². The molecule has 1 N–H and O–H groups in total. The number of amides is 2. The molecule has 1 fully saturated rings. The Hall–Kier alpha value is -2.74. The summed E-state index contributed by atoms with van der Waals surface area (Å²) < 4.78 is 0. The second-order valence-electron chi connectivity index (χ2n) is 6.80. The van der Waals surface area contributed by atoms with Crippen LogP contribution >= 0.6 is 0 Å². The van der Waals surface area contributed by atoms with Gasteiger partial charge in [0.15, 0.2) is 5.69 Å². The first-order chi connectivity index (χ1) is 13.1. The van der Waals surface area contributed by atoms with E-state index < -0.39 is 0 Å². The van der Waals surface area contributed by atoms with Crippen molar-refractivity contribution < 1.29 is 9.59 Å². The second-order valence-corrected chi connectivity index (χ2v) is 6.80. The molecule has 1 aliphatic heterocycles. The maximum atomic E-state index is 12.7. The van der Waals surface area contributed by atoms with Gasteiger partial charge in [-0.15, -0.1) is 5.10 Å². The van der Waals surface area contributed by atoms with Crippen LogP contribution in [0.5, 0.6) is 0 Å². The highest BCUT2D eigenvalue weighted by atomic mass is 16.2. The van der Waals surface area contributed by atoms with Gasteiger partial charge in [-0.25, -0.2) is 0 Å². The summed E-state index contributed by atoms with van der Waals surface area (Å²) >= 11 is 0. The van der Waals surface area contributed by atoms with Gasteiger partial charge in [-0.2, -0.15) is 9.90 Å². The largest absolute Gasteiger partial charge is 0.353 e. The summed E-state index contributed by atoms with van der Waals surface area (Å²) in [4.78, 5) is 30.0. The highest BCUT2D eigenvalue weighted by Crippen LogP contribution is 2.09. The molecule has 1 saturated heterocycles. The normalized spacial score (nSPS) is 16.1.